The van der Waals surface area contributed by atoms with Crippen molar-refractivity contribution in [1.29, 1.82) is 0 Å². The van der Waals surface area contributed by atoms with E-state index < -0.39 is 33.7 Å². The lowest BCUT2D eigenvalue weighted by Crippen LogP contribution is -2.27. The molecule has 1 aromatic carbocycles. The number of aromatic amines is 1. The minimum Gasteiger partial charge on any atom is -0.347 e. The maximum Gasteiger partial charge on any atom is 0.285 e. The number of aromatic nitrogens is 2. The van der Waals surface area contributed by atoms with Crippen molar-refractivity contribution in [3.8, 4) is 0 Å². The van der Waals surface area contributed by atoms with Gasteiger partial charge in [0.05, 0.1) is 17.5 Å². The van der Waals surface area contributed by atoms with E-state index in [1.807, 2.05) is 0 Å². The number of nitrogens with zero attached hydrogens (tertiary/aromatic N) is 3. The van der Waals surface area contributed by atoms with Crippen molar-refractivity contribution in [3.63, 3.8) is 0 Å². The number of imidazole rings is 1. The fourth-order valence-electron chi connectivity index (χ4n) is 1.75. The SMILES string of the molecule is CN(Cc1ncc[nH]1)C(=O)c1cc(F)c(F)cc1[N+](=O)[O-]. The van der Waals surface area contributed by atoms with Crippen molar-refractivity contribution in [1.82, 2.24) is 14.9 Å². The molecule has 0 aliphatic heterocycles. The van der Waals surface area contributed by atoms with Crippen LogP contribution in [-0.4, -0.2) is 32.7 Å². The highest BCUT2D eigenvalue weighted by Gasteiger charge is 2.26. The van der Waals surface area contributed by atoms with E-state index >= 15 is 0 Å². The second-order valence-electron chi connectivity index (χ2n) is 4.24. The summed E-state index contributed by atoms with van der Waals surface area (Å²) >= 11 is 0. The van der Waals surface area contributed by atoms with Crippen LogP contribution in [0.4, 0.5) is 14.5 Å². The van der Waals surface area contributed by atoms with Gasteiger partial charge in [0.25, 0.3) is 11.6 Å². The third-order valence-corrected chi connectivity index (χ3v) is 2.75. The summed E-state index contributed by atoms with van der Waals surface area (Å²) in [4.78, 5) is 29.8. The van der Waals surface area contributed by atoms with Crippen molar-refractivity contribution in [2.45, 2.75) is 6.54 Å². The highest BCUT2D eigenvalue weighted by atomic mass is 19.2. The van der Waals surface area contributed by atoms with Crippen LogP contribution in [0, 0.1) is 21.7 Å². The van der Waals surface area contributed by atoms with Gasteiger partial charge in [0, 0.05) is 19.4 Å². The van der Waals surface area contributed by atoms with E-state index in [2.05, 4.69) is 9.97 Å². The highest BCUT2D eigenvalue weighted by Crippen LogP contribution is 2.23. The molecule has 7 nitrogen and oxygen atoms in total. The van der Waals surface area contributed by atoms with Gasteiger partial charge in [0.15, 0.2) is 11.6 Å². The van der Waals surface area contributed by atoms with Crippen LogP contribution in [0.2, 0.25) is 0 Å². The van der Waals surface area contributed by atoms with Crippen LogP contribution in [0.25, 0.3) is 0 Å². The molecule has 0 atom stereocenters. The minimum absolute atomic E-state index is 0.0436. The maximum absolute atomic E-state index is 13.2. The first kappa shape index (κ1) is 14.6. The summed E-state index contributed by atoms with van der Waals surface area (Å²) in [6.45, 7) is 0.0436. The Morgan fingerprint density at radius 2 is 2.10 bits per heavy atom. The number of hydrogen-bond acceptors (Lipinski definition) is 4. The van der Waals surface area contributed by atoms with Crippen LogP contribution in [0.15, 0.2) is 24.5 Å². The number of rotatable bonds is 4. The molecular formula is C12H10F2N4O3. The Hall–Kier alpha value is -2.84. The molecule has 0 bridgehead atoms. The Morgan fingerprint density at radius 1 is 1.43 bits per heavy atom. The molecule has 110 valence electrons. The zero-order valence-corrected chi connectivity index (χ0v) is 10.8. The standard InChI is InChI=1S/C12H10F2N4O3/c1-17(6-11-15-2-3-16-11)12(19)7-4-8(13)9(14)5-10(7)18(20)21/h2-5H,6H2,1H3,(H,15,16). The second-order valence-corrected chi connectivity index (χ2v) is 4.24. The molecule has 2 rings (SSSR count). The zero-order valence-electron chi connectivity index (χ0n) is 10.8. The number of nitrogens with one attached hydrogen (secondary N) is 1. The first-order valence-electron chi connectivity index (χ1n) is 5.77. The van der Waals surface area contributed by atoms with E-state index in [0.29, 0.717) is 18.0 Å². The van der Waals surface area contributed by atoms with Crippen LogP contribution in [0.5, 0.6) is 0 Å². The fraction of sp³-hybridized carbons (Fsp3) is 0.167. The highest BCUT2D eigenvalue weighted by molar-refractivity contribution is 5.98. The van der Waals surface area contributed by atoms with Crippen molar-refractivity contribution < 1.29 is 18.5 Å². The topological polar surface area (TPSA) is 92.1 Å². The Labute approximate surface area is 117 Å². The minimum atomic E-state index is -1.38. The molecule has 0 unspecified atom stereocenters. The van der Waals surface area contributed by atoms with Gasteiger partial charge < -0.3 is 9.88 Å². The summed E-state index contributed by atoms with van der Waals surface area (Å²) in [6.07, 6.45) is 3.03. The Bertz CT molecular complexity index is 688. The van der Waals surface area contributed by atoms with E-state index in [9.17, 15) is 23.7 Å². The Balaban J connectivity index is 2.33. The van der Waals surface area contributed by atoms with Crippen molar-refractivity contribution in [3.05, 3.63) is 57.7 Å². The Morgan fingerprint density at radius 3 is 2.67 bits per heavy atom. The summed E-state index contributed by atoms with van der Waals surface area (Å²) in [5, 5.41) is 10.9. The van der Waals surface area contributed by atoms with Gasteiger partial charge in [-0.15, -0.1) is 0 Å². The predicted octanol–water partition coefficient (Wildman–Crippen LogP) is 1.87. The van der Waals surface area contributed by atoms with Gasteiger partial charge in [0.1, 0.15) is 11.4 Å². The molecule has 0 fully saturated rings. The molecule has 0 aliphatic rings. The number of amides is 1. The molecular weight excluding hydrogens is 286 g/mol. The van der Waals surface area contributed by atoms with E-state index in [1.165, 1.54) is 13.2 Å². The quantitative estimate of drug-likeness (QED) is 0.688. The van der Waals surface area contributed by atoms with E-state index in [1.54, 1.807) is 6.20 Å². The lowest BCUT2D eigenvalue weighted by Gasteiger charge is -2.15. The molecule has 1 aromatic heterocycles. The van der Waals surface area contributed by atoms with Crippen LogP contribution < -0.4 is 0 Å². The van der Waals surface area contributed by atoms with Gasteiger partial charge in [-0.3, -0.25) is 14.9 Å². The molecule has 0 spiro atoms. The number of hydrogen-bond donors (Lipinski definition) is 1. The summed E-state index contributed by atoms with van der Waals surface area (Å²) in [6, 6.07) is 0.914. The number of benzene rings is 1. The van der Waals surface area contributed by atoms with Gasteiger partial charge >= 0.3 is 0 Å². The number of halogens is 2. The van der Waals surface area contributed by atoms with Crippen LogP contribution >= 0.6 is 0 Å². The zero-order chi connectivity index (χ0) is 15.6. The molecule has 9 heteroatoms. The molecule has 0 aliphatic carbocycles. The van der Waals surface area contributed by atoms with E-state index in [4.69, 9.17) is 0 Å². The number of carbonyl (C=O) groups is 1. The van der Waals surface area contributed by atoms with Gasteiger partial charge in [-0.2, -0.15) is 0 Å². The first-order valence-corrected chi connectivity index (χ1v) is 5.77. The van der Waals surface area contributed by atoms with Gasteiger partial charge in [-0.05, 0) is 6.07 Å². The summed E-state index contributed by atoms with van der Waals surface area (Å²) < 4.78 is 26.3. The van der Waals surface area contributed by atoms with Crippen LogP contribution in [-0.2, 0) is 6.54 Å². The largest absolute Gasteiger partial charge is 0.347 e. The van der Waals surface area contributed by atoms with Gasteiger partial charge in [-0.1, -0.05) is 0 Å². The molecule has 2 aromatic rings. The molecule has 21 heavy (non-hydrogen) atoms. The van der Waals surface area contributed by atoms with Crippen molar-refractivity contribution in [2.24, 2.45) is 0 Å². The molecule has 1 heterocycles. The molecule has 1 N–H and O–H groups in total. The smallest absolute Gasteiger partial charge is 0.285 e. The third kappa shape index (κ3) is 3.02. The summed E-state index contributed by atoms with van der Waals surface area (Å²) in [5.74, 6) is -3.06. The van der Waals surface area contributed by atoms with Gasteiger partial charge in [-0.25, -0.2) is 13.8 Å². The first-order chi connectivity index (χ1) is 9.90. The monoisotopic (exact) mass is 296 g/mol. The molecule has 1 amide bonds. The van der Waals surface area contributed by atoms with Crippen LogP contribution in [0.1, 0.15) is 16.2 Å². The average Bonchev–Trinajstić information content (AvgIpc) is 2.93. The van der Waals surface area contributed by atoms with Crippen molar-refractivity contribution in [2.75, 3.05) is 7.05 Å². The summed E-state index contributed by atoms with van der Waals surface area (Å²) in [7, 11) is 1.37. The number of carbonyl (C=O) groups excluding carboxylic acids is 1. The lowest BCUT2D eigenvalue weighted by atomic mass is 10.1. The third-order valence-electron chi connectivity index (χ3n) is 2.75. The second kappa shape index (κ2) is 5.65. The maximum atomic E-state index is 13.2. The Kier molecular flexibility index (Phi) is 3.92. The van der Waals surface area contributed by atoms with Gasteiger partial charge in [0.2, 0.25) is 0 Å². The van der Waals surface area contributed by atoms with Crippen molar-refractivity contribution >= 4 is 11.6 Å². The average molecular weight is 296 g/mol. The molecule has 0 radical (unpaired) electrons. The number of H-pyrrole nitrogens is 1. The normalized spacial score (nSPS) is 10.4. The number of nitro benzene ring substituents is 1. The van der Waals surface area contributed by atoms with E-state index in [0.717, 1.165) is 4.90 Å². The lowest BCUT2D eigenvalue weighted by molar-refractivity contribution is -0.385. The molecule has 0 saturated carbocycles. The molecule has 0 saturated heterocycles. The van der Waals surface area contributed by atoms with E-state index in [-0.39, 0.29) is 6.54 Å². The fourth-order valence-corrected chi connectivity index (χ4v) is 1.75. The predicted molar refractivity (Wildman–Crippen MR) is 67.4 cm³/mol. The summed E-state index contributed by atoms with van der Waals surface area (Å²) in [5.41, 5.74) is -1.31. The number of nitro groups is 1. The van der Waals surface area contributed by atoms with Crippen LogP contribution in [0.3, 0.4) is 0 Å².